The monoisotopic (exact) mass is 397 g/mol. The van der Waals surface area contributed by atoms with Crippen molar-refractivity contribution in [3.63, 3.8) is 0 Å². The standard InChI is InChI=1S/C19H25F2N3O4/c1-2-22-19(23-6-3-13-4-7-25-8-5-13)24-11-14-9-16-17(27-12-26-16)10-15(14)28-18(20)21/h4,9-10,18H,2-3,5-8,11-12H2,1H3,(H2,22,23,24). The fourth-order valence-corrected chi connectivity index (χ4v) is 2.93. The number of halogens is 2. The van der Waals surface area contributed by atoms with E-state index in [1.807, 2.05) is 6.92 Å². The molecule has 28 heavy (non-hydrogen) atoms. The molecule has 0 amide bonds. The summed E-state index contributed by atoms with van der Waals surface area (Å²) < 4.78 is 46.0. The molecule has 0 aliphatic carbocycles. The minimum absolute atomic E-state index is 0.0335. The molecule has 0 saturated heterocycles. The third kappa shape index (κ3) is 5.72. The maximum absolute atomic E-state index is 12.7. The molecule has 0 unspecified atom stereocenters. The lowest BCUT2D eigenvalue weighted by atomic mass is 10.1. The average Bonchev–Trinajstić information content (AvgIpc) is 3.13. The highest BCUT2D eigenvalue weighted by atomic mass is 19.3. The molecule has 2 N–H and O–H groups in total. The fourth-order valence-electron chi connectivity index (χ4n) is 2.93. The van der Waals surface area contributed by atoms with Gasteiger partial charge in [-0.05, 0) is 25.8 Å². The average molecular weight is 397 g/mol. The summed E-state index contributed by atoms with van der Waals surface area (Å²) in [4.78, 5) is 4.49. The second-order valence-electron chi connectivity index (χ2n) is 6.25. The number of aliphatic imine (C=N–C) groups is 1. The van der Waals surface area contributed by atoms with Gasteiger partial charge in [0, 0.05) is 24.7 Å². The summed E-state index contributed by atoms with van der Waals surface area (Å²) in [5, 5.41) is 6.42. The van der Waals surface area contributed by atoms with Gasteiger partial charge in [0.25, 0.3) is 0 Å². The summed E-state index contributed by atoms with van der Waals surface area (Å²) in [7, 11) is 0. The van der Waals surface area contributed by atoms with E-state index in [-0.39, 0.29) is 19.1 Å². The number of ether oxygens (including phenoxy) is 4. The summed E-state index contributed by atoms with van der Waals surface area (Å²) in [6.45, 7) is 2.08. The molecule has 1 aromatic rings. The number of nitrogens with one attached hydrogen (secondary N) is 2. The largest absolute Gasteiger partial charge is 0.454 e. The van der Waals surface area contributed by atoms with Gasteiger partial charge < -0.3 is 29.6 Å². The van der Waals surface area contributed by atoms with Crippen LogP contribution in [0.4, 0.5) is 8.78 Å². The molecule has 0 atom stereocenters. The second kappa shape index (κ2) is 10.1. The minimum Gasteiger partial charge on any atom is -0.454 e. The molecule has 0 spiro atoms. The number of rotatable bonds is 8. The van der Waals surface area contributed by atoms with Crippen molar-refractivity contribution >= 4 is 5.96 Å². The highest BCUT2D eigenvalue weighted by Crippen LogP contribution is 2.39. The highest BCUT2D eigenvalue weighted by molar-refractivity contribution is 5.79. The van der Waals surface area contributed by atoms with E-state index in [1.54, 1.807) is 6.07 Å². The van der Waals surface area contributed by atoms with Crippen LogP contribution in [0.15, 0.2) is 28.8 Å². The van der Waals surface area contributed by atoms with Gasteiger partial charge in [-0.1, -0.05) is 11.6 Å². The van der Waals surface area contributed by atoms with Crippen molar-refractivity contribution in [1.29, 1.82) is 0 Å². The number of alkyl halides is 2. The molecule has 3 rings (SSSR count). The summed E-state index contributed by atoms with van der Waals surface area (Å²) >= 11 is 0. The third-order valence-corrected chi connectivity index (χ3v) is 4.32. The molecular formula is C19H25F2N3O4. The van der Waals surface area contributed by atoms with Gasteiger partial charge in [-0.25, -0.2) is 4.99 Å². The molecule has 2 aliphatic rings. The number of fused-ring (bicyclic) bond motifs is 1. The molecule has 0 saturated carbocycles. The van der Waals surface area contributed by atoms with Crippen LogP contribution in [0.25, 0.3) is 0 Å². The lowest BCUT2D eigenvalue weighted by molar-refractivity contribution is -0.0505. The predicted octanol–water partition coefficient (Wildman–Crippen LogP) is 2.81. The van der Waals surface area contributed by atoms with Gasteiger partial charge in [-0.2, -0.15) is 8.78 Å². The third-order valence-electron chi connectivity index (χ3n) is 4.32. The molecule has 2 heterocycles. The van der Waals surface area contributed by atoms with E-state index in [0.29, 0.717) is 36.2 Å². The van der Waals surface area contributed by atoms with E-state index >= 15 is 0 Å². The van der Waals surface area contributed by atoms with E-state index in [2.05, 4.69) is 26.4 Å². The first kappa shape index (κ1) is 20.2. The quantitative estimate of drug-likeness (QED) is 0.399. The van der Waals surface area contributed by atoms with Crippen LogP contribution in [-0.2, 0) is 11.3 Å². The Morgan fingerprint density at radius 1 is 1.25 bits per heavy atom. The van der Waals surface area contributed by atoms with Crippen molar-refractivity contribution < 1.29 is 27.7 Å². The van der Waals surface area contributed by atoms with Crippen molar-refractivity contribution in [2.24, 2.45) is 4.99 Å². The number of guanidine groups is 1. The second-order valence-corrected chi connectivity index (χ2v) is 6.25. The molecular weight excluding hydrogens is 372 g/mol. The Hall–Kier alpha value is -2.55. The molecule has 0 aromatic heterocycles. The molecule has 0 fully saturated rings. The van der Waals surface area contributed by atoms with Crippen LogP contribution >= 0.6 is 0 Å². The maximum Gasteiger partial charge on any atom is 0.387 e. The van der Waals surface area contributed by atoms with E-state index < -0.39 is 6.61 Å². The van der Waals surface area contributed by atoms with Gasteiger partial charge in [0.2, 0.25) is 6.79 Å². The minimum atomic E-state index is -2.93. The zero-order valence-electron chi connectivity index (χ0n) is 15.8. The summed E-state index contributed by atoms with van der Waals surface area (Å²) in [6, 6.07) is 3.04. The van der Waals surface area contributed by atoms with Crippen LogP contribution in [0.3, 0.4) is 0 Å². The first-order chi connectivity index (χ1) is 13.7. The highest BCUT2D eigenvalue weighted by Gasteiger charge is 2.20. The number of nitrogens with zero attached hydrogens (tertiary/aromatic N) is 1. The molecule has 7 nitrogen and oxygen atoms in total. The van der Waals surface area contributed by atoms with Crippen LogP contribution in [0.5, 0.6) is 17.2 Å². The number of hydrogen-bond donors (Lipinski definition) is 2. The van der Waals surface area contributed by atoms with Gasteiger partial charge >= 0.3 is 6.61 Å². The number of benzene rings is 1. The van der Waals surface area contributed by atoms with Crippen LogP contribution in [0.1, 0.15) is 25.3 Å². The predicted molar refractivity (Wildman–Crippen MR) is 100 cm³/mol. The summed E-state index contributed by atoms with van der Waals surface area (Å²) in [5.41, 5.74) is 1.85. The first-order valence-corrected chi connectivity index (χ1v) is 9.31. The Kier molecular flexibility index (Phi) is 7.30. The Balaban J connectivity index is 1.65. The normalized spacial score (nSPS) is 16.1. The van der Waals surface area contributed by atoms with Crippen molar-refractivity contribution in [1.82, 2.24) is 10.6 Å². The van der Waals surface area contributed by atoms with Crippen molar-refractivity contribution in [3.8, 4) is 17.2 Å². The van der Waals surface area contributed by atoms with Gasteiger partial charge in [0.05, 0.1) is 19.8 Å². The van der Waals surface area contributed by atoms with E-state index in [9.17, 15) is 8.78 Å². The fraction of sp³-hybridized carbons (Fsp3) is 0.526. The Bertz CT molecular complexity index is 725. The lowest BCUT2D eigenvalue weighted by Gasteiger charge is -2.16. The summed E-state index contributed by atoms with van der Waals surface area (Å²) in [6.07, 6.45) is 3.95. The van der Waals surface area contributed by atoms with Crippen molar-refractivity contribution in [2.75, 3.05) is 33.1 Å². The summed E-state index contributed by atoms with van der Waals surface area (Å²) in [5.74, 6) is 1.52. The van der Waals surface area contributed by atoms with Crippen LogP contribution in [0, 0.1) is 0 Å². The first-order valence-electron chi connectivity index (χ1n) is 9.31. The Labute approximate surface area is 162 Å². The molecule has 2 aliphatic heterocycles. The molecule has 1 aromatic carbocycles. The molecule has 154 valence electrons. The molecule has 0 bridgehead atoms. The van der Waals surface area contributed by atoms with E-state index in [4.69, 9.17) is 14.2 Å². The van der Waals surface area contributed by atoms with E-state index in [1.165, 1.54) is 11.6 Å². The van der Waals surface area contributed by atoms with Crippen LogP contribution < -0.4 is 24.8 Å². The SMILES string of the molecule is CCNC(=NCc1cc2c(cc1OC(F)F)OCO2)NCCC1=CCOCC1. The van der Waals surface area contributed by atoms with Crippen LogP contribution in [-0.4, -0.2) is 45.7 Å². The zero-order valence-corrected chi connectivity index (χ0v) is 15.8. The van der Waals surface area contributed by atoms with Gasteiger partial charge in [-0.15, -0.1) is 0 Å². The lowest BCUT2D eigenvalue weighted by Crippen LogP contribution is -2.38. The molecule has 0 radical (unpaired) electrons. The zero-order chi connectivity index (χ0) is 19.8. The van der Waals surface area contributed by atoms with E-state index in [0.717, 1.165) is 26.0 Å². The van der Waals surface area contributed by atoms with Gasteiger partial charge in [0.15, 0.2) is 17.5 Å². The van der Waals surface area contributed by atoms with Crippen molar-refractivity contribution in [3.05, 3.63) is 29.3 Å². The maximum atomic E-state index is 12.7. The van der Waals surface area contributed by atoms with Crippen LogP contribution in [0.2, 0.25) is 0 Å². The molecule has 9 heteroatoms. The smallest absolute Gasteiger partial charge is 0.387 e. The van der Waals surface area contributed by atoms with Gasteiger partial charge in [-0.3, -0.25) is 0 Å². The Morgan fingerprint density at radius 3 is 2.79 bits per heavy atom. The van der Waals surface area contributed by atoms with Gasteiger partial charge in [0.1, 0.15) is 5.75 Å². The number of hydrogen-bond acceptors (Lipinski definition) is 5. The Morgan fingerprint density at radius 2 is 2.07 bits per heavy atom. The van der Waals surface area contributed by atoms with Crippen molar-refractivity contribution in [2.45, 2.75) is 32.9 Å². The topological polar surface area (TPSA) is 73.3 Å².